The minimum atomic E-state index is -0.259. The molecular weight excluding hydrogens is 394 g/mol. The predicted octanol–water partition coefficient (Wildman–Crippen LogP) is 2.84. The first-order valence-electron chi connectivity index (χ1n) is 9.26. The number of benzene rings is 2. The molecule has 0 spiro atoms. The van der Waals surface area contributed by atoms with Gasteiger partial charge in [-0.2, -0.15) is 20.2 Å². The molecule has 0 saturated heterocycles. The van der Waals surface area contributed by atoms with Crippen LogP contribution < -0.4 is 20.7 Å². The van der Waals surface area contributed by atoms with E-state index >= 15 is 0 Å². The maximum absolute atomic E-state index is 12.5. The van der Waals surface area contributed by atoms with Gasteiger partial charge in [0.2, 0.25) is 11.9 Å². The van der Waals surface area contributed by atoms with E-state index < -0.39 is 0 Å². The molecule has 0 aliphatic rings. The Hall–Kier alpha value is -4.45. The highest BCUT2D eigenvalue weighted by molar-refractivity contribution is 6.04. The van der Waals surface area contributed by atoms with E-state index in [1.165, 1.54) is 0 Å². The van der Waals surface area contributed by atoms with Gasteiger partial charge in [0.25, 0.3) is 5.91 Å². The second kappa shape index (κ2) is 9.37. The normalized spacial score (nSPS) is 10.8. The van der Waals surface area contributed by atoms with Crippen molar-refractivity contribution in [3.8, 4) is 11.8 Å². The third-order valence-electron chi connectivity index (χ3n) is 4.21. The molecule has 1 amide bonds. The Bertz CT molecular complexity index is 1170. The van der Waals surface area contributed by atoms with Crippen LogP contribution in [0.4, 0.5) is 17.6 Å². The van der Waals surface area contributed by atoms with Crippen molar-refractivity contribution in [1.82, 2.24) is 15.0 Å². The number of nitrogens with zero attached hydrogens (tertiary/aromatic N) is 5. The number of nitriles is 1. The monoisotopic (exact) mass is 415 g/mol. The van der Waals surface area contributed by atoms with Crippen molar-refractivity contribution >= 4 is 35.1 Å². The molecule has 9 nitrogen and oxygen atoms in total. The number of methoxy groups -OCH3 is 1. The fourth-order valence-corrected chi connectivity index (χ4v) is 2.67. The second-order valence-electron chi connectivity index (χ2n) is 6.69. The molecule has 0 radical (unpaired) electrons. The number of ether oxygens (including phenoxy) is 1. The first-order valence-corrected chi connectivity index (χ1v) is 9.26. The third kappa shape index (κ3) is 5.33. The van der Waals surface area contributed by atoms with Crippen LogP contribution in [0.15, 0.2) is 48.5 Å². The lowest BCUT2D eigenvalue weighted by Gasteiger charge is -2.11. The summed E-state index contributed by atoms with van der Waals surface area (Å²) in [6.45, 7) is 0. The number of carbonyl (C=O) groups excluding carboxylic acids is 1. The van der Waals surface area contributed by atoms with E-state index in [0.717, 1.165) is 0 Å². The summed E-state index contributed by atoms with van der Waals surface area (Å²) >= 11 is 0. The molecule has 31 heavy (non-hydrogen) atoms. The summed E-state index contributed by atoms with van der Waals surface area (Å²) < 4.78 is 5.11. The minimum Gasteiger partial charge on any atom is -0.497 e. The number of carbonyl (C=O) groups is 1. The summed E-state index contributed by atoms with van der Waals surface area (Å²) in [5, 5.41) is 12.5. The Balaban J connectivity index is 1.85. The van der Waals surface area contributed by atoms with Crippen LogP contribution in [0.3, 0.4) is 0 Å². The highest BCUT2D eigenvalue weighted by atomic mass is 16.5. The van der Waals surface area contributed by atoms with E-state index in [1.54, 1.807) is 80.7 Å². The quantitative estimate of drug-likeness (QED) is 0.588. The molecule has 9 heteroatoms. The number of nitrogens with two attached hydrogens (primary N) is 1. The van der Waals surface area contributed by atoms with E-state index in [2.05, 4.69) is 26.3 Å². The van der Waals surface area contributed by atoms with Crippen LogP contribution in [-0.2, 0) is 0 Å². The summed E-state index contributed by atoms with van der Waals surface area (Å²) in [5.41, 5.74) is 7.74. The zero-order chi connectivity index (χ0) is 22.4. The molecule has 0 unspecified atom stereocenters. The lowest BCUT2D eigenvalue weighted by molar-refractivity contribution is 0.102. The lowest BCUT2D eigenvalue weighted by Crippen LogP contribution is -2.15. The summed E-state index contributed by atoms with van der Waals surface area (Å²) in [5.74, 6) is 0.958. The van der Waals surface area contributed by atoms with E-state index in [9.17, 15) is 10.1 Å². The number of amides is 1. The zero-order valence-electron chi connectivity index (χ0n) is 17.3. The Kier molecular flexibility index (Phi) is 6.42. The van der Waals surface area contributed by atoms with Gasteiger partial charge in [-0.3, -0.25) is 4.79 Å². The molecule has 1 aromatic heterocycles. The summed E-state index contributed by atoms with van der Waals surface area (Å²) in [4.78, 5) is 26.5. The molecule has 0 atom stereocenters. The van der Waals surface area contributed by atoms with Gasteiger partial charge in [-0.25, -0.2) is 0 Å². The number of aromatic nitrogens is 3. The Morgan fingerprint density at radius 1 is 1.16 bits per heavy atom. The van der Waals surface area contributed by atoms with Crippen molar-refractivity contribution in [1.29, 1.82) is 5.26 Å². The maximum Gasteiger partial charge on any atom is 0.255 e. The van der Waals surface area contributed by atoms with Crippen molar-refractivity contribution < 1.29 is 9.53 Å². The van der Waals surface area contributed by atoms with E-state index in [4.69, 9.17) is 10.5 Å². The number of nitrogen functional groups attached to an aromatic ring is 1. The fourth-order valence-electron chi connectivity index (χ4n) is 2.67. The van der Waals surface area contributed by atoms with E-state index in [-0.39, 0.29) is 23.3 Å². The number of allylic oxidation sites excluding steroid dienone is 1. The molecule has 1 heterocycles. The Morgan fingerprint density at radius 2 is 1.90 bits per heavy atom. The average molecular weight is 415 g/mol. The van der Waals surface area contributed by atoms with Crippen LogP contribution in [0.5, 0.6) is 5.75 Å². The molecule has 156 valence electrons. The average Bonchev–Trinajstić information content (AvgIpc) is 2.77. The lowest BCUT2D eigenvalue weighted by atomic mass is 10.1. The van der Waals surface area contributed by atoms with Crippen LogP contribution in [0.25, 0.3) is 11.6 Å². The van der Waals surface area contributed by atoms with Crippen molar-refractivity contribution in [2.75, 3.05) is 37.2 Å². The molecule has 0 aliphatic heterocycles. The number of hydrogen-bond acceptors (Lipinski definition) is 8. The van der Waals surface area contributed by atoms with Crippen LogP contribution in [-0.4, -0.2) is 42.1 Å². The number of hydrogen-bond donors (Lipinski definition) is 2. The Labute approximate surface area is 179 Å². The second-order valence-corrected chi connectivity index (χ2v) is 6.69. The van der Waals surface area contributed by atoms with Crippen molar-refractivity contribution in [3.63, 3.8) is 0 Å². The highest BCUT2D eigenvalue weighted by Crippen LogP contribution is 2.20. The molecule has 3 N–H and O–H groups in total. The zero-order valence-corrected chi connectivity index (χ0v) is 17.3. The fraction of sp³-hybridized carbons (Fsp3) is 0.136. The standard InChI is InChI=1S/C22H21N7O2/c1-29(2)22-27-19(26-21(24)28-22)16(13-23)11-14-5-4-6-17(12-14)25-20(30)15-7-9-18(31-3)10-8-15/h4-12H,1-3H3,(H,25,30)(H2,24,26,27,28)/b16-11+. The minimum absolute atomic E-state index is 0.0235. The molecule has 2 aromatic carbocycles. The first kappa shape index (κ1) is 21.3. The van der Waals surface area contributed by atoms with Gasteiger partial charge in [0.05, 0.1) is 12.7 Å². The van der Waals surface area contributed by atoms with Gasteiger partial charge in [0, 0.05) is 25.3 Å². The number of rotatable bonds is 6. The van der Waals surface area contributed by atoms with Gasteiger partial charge in [-0.05, 0) is 48.0 Å². The molecule has 0 saturated carbocycles. The van der Waals surface area contributed by atoms with Gasteiger partial charge in [0.15, 0.2) is 5.82 Å². The highest BCUT2D eigenvalue weighted by Gasteiger charge is 2.11. The molecular formula is C22H21N7O2. The summed E-state index contributed by atoms with van der Waals surface area (Å²) in [7, 11) is 5.10. The molecule has 3 aromatic rings. The van der Waals surface area contributed by atoms with Gasteiger partial charge >= 0.3 is 0 Å². The van der Waals surface area contributed by atoms with Gasteiger partial charge in [-0.15, -0.1) is 0 Å². The van der Waals surface area contributed by atoms with Crippen LogP contribution in [0.2, 0.25) is 0 Å². The van der Waals surface area contributed by atoms with Crippen molar-refractivity contribution in [2.45, 2.75) is 0 Å². The Morgan fingerprint density at radius 3 is 2.55 bits per heavy atom. The van der Waals surface area contributed by atoms with Gasteiger partial charge < -0.3 is 20.7 Å². The molecule has 0 bridgehead atoms. The van der Waals surface area contributed by atoms with E-state index in [0.29, 0.717) is 28.5 Å². The first-order chi connectivity index (χ1) is 14.9. The number of nitrogens with one attached hydrogen (secondary N) is 1. The van der Waals surface area contributed by atoms with Crippen LogP contribution in [0, 0.1) is 11.3 Å². The van der Waals surface area contributed by atoms with Crippen molar-refractivity contribution in [3.05, 3.63) is 65.5 Å². The largest absolute Gasteiger partial charge is 0.497 e. The summed E-state index contributed by atoms with van der Waals surface area (Å²) in [6, 6.07) is 16.0. The van der Waals surface area contributed by atoms with Crippen LogP contribution in [0.1, 0.15) is 21.7 Å². The molecule has 0 aliphatic carbocycles. The summed E-state index contributed by atoms with van der Waals surface area (Å²) in [6.07, 6.45) is 1.62. The third-order valence-corrected chi connectivity index (χ3v) is 4.21. The number of anilines is 3. The van der Waals surface area contributed by atoms with E-state index in [1.807, 2.05) is 0 Å². The van der Waals surface area contributed by atoms with Crippen LogP contribution >= 0.6 is 0 Å². The predicted molar refractivity (Wildman–Crippen MR) is 119 cm³/mol. The molecule has 0 fully saturated rings. The maximum atomic E-state index is 12.5. The van der Waals surface area contributed by atoms with Crippen molar-refractivity contribution in [2.24, 2.45) is 0 Å². The van der Waals surface area contributed by atoms with Gasteiger partial charge in [0.1, 0.15) is 11.8 Å². The smallest absolute Gasteiger partial charge is 0.255 e. The topological polar surface area (TPSA) is 130 Å². The molecule has 3 rings (SSSR count). The SMILES string of the molecule is COc1ccc(C(=O)Nc2cccc(/C=C(\C#N)c3nc(N)nc(N(C)C)n3)c2)cc1. The van der Waals surface area contributed by atoms with Gasteiger partial charge in [-0.1, -0.05) is 12.1 Å².